The second kappa shape index (κ2) is 3.31. The predicted molar refractivity (Wildman–Crippen MR) is 53.5 cm³/mol. The van der Waals surface area contributed by atoms with Gasteiger partial charge < -0.3 is 14.9 Å². The first-order chi connectivity index (χ1) is 7.15. The van der Waals surface area contributed by atoms with Crippen molar-refractivity contribution in [2.24, 2.45) is 0 Å². The molecule has 0 radical (unpaired) electrons. The third-order valence-electron chi connectivity index (χ3n) is 2.33. The van der Waals surface area contributed by atoms with Crippen molar-refractivity contribution in [1.29, 1.82) is 0 Å². The summed E-state index contributed by atoms with van der Waals surface area (Å²) in [5.74, 6) is -0.316. The molecule has 2 rings (SSSR count). The number of benzene rings is 1. The van der Waals surface area contributed by atoms with Crippen LogP contribution < -0.4 is 4.74 Å². The van der Waals surface area contributed by atoms with E-state index in [9.17, 15) is 15.0 Å². The number of allylic oxidation sites excluding steroid dienone is 1. The van der Waals surface area contributed by atoms with Gasteiger partial charge in [0.05, 0.1) is 0 Å². The first kappa shape index (κ1) is 9.58. The van der Waals surface area contributed by atoms with E-state index in [2.05, 4.69) is 6.58 Å². The number of carbonyl (C=O) groups is 1. The minimum atomic E-state index is -0.271. The molecule has 0 bridgehead atoms. The Hall–Kier alpha value is -1.97. The molecule has 0 unspecified atom stereocenters. The quantitative estimate of drug-likeness (QED) is 0.718. The third-order valence-corrected chi connectivity index (χ3v) is 2.33. The van der Waals surface area contributed by atoms with Crippen molar-refractivity contribution in [3.8, 4) is 17.2 Å². The van der Waals surface area contributed by atoms with Crippen LogP contribution >= 0.6 is 0 Å². The molecule has 0 saturated heterocycles. The Balaban J connectivity index is 2.64. The van der Waals surface area contributed by atoms with Crippen LogP contribution in [0.15, 0.2) is 18.7 Å². The standard InChI is InChI=1S/C11H10O4/c1-2-3-6-7(12)4-9-10(11(6)14)8(13)5-15-9/h2,4,12,14H,1,3,5H2. The Morgan fingerprint density at radius 3 is 2.93 bits per heavy atom. The molecule has 0 atom stereocenters. The summed E-state index contributed by atoms with van der Waals surface area (Å²) >= 11 is 0. The smallest absolute Gasteiger partial charge is 0.207 e. The Labute approximate surface area is 86.4 Å². The van der Waals surface area contributed by atoms with Crippen LogP contribution in [0.4, 0.5) is 0 Å². The fourth-order valence-corrected chi connectivity index (χ4v) is 1.62. The number of rotatable bonds is 2. The lowest BCUT2D eigenvalue weighted by molar-refractivity contribution is 0.0959. The molecule has 4 heteroatoms. The molecule has 1 heterocycles. The molecule has 4 nitrogen and oxygen atoms in total. The van der Waals surface area contributed by atoms with E-state index in [1.54, 1.807) is 6.08 Å². The van der Waals surface area contributed by atoms with Gasteiger partial charge in [0.25, 0.3) is 0 Å². The normalized spacial score (nSPS) is 13.5. The molecule has 2 N–H and O–H groups in total. The molecule has 1 aromatic carbocycles. The van der Waals surface area contributed by atoms with Crippen LogP contribution in [0.1, 0.15) is 15.9 Å². The van der Waals surface area contributed by atoms with E-state index in [0.29, 0.717) is 12.0 Å². The second-order valence-electron chi connectivity index (χ2n) is 3.30. The van der Waals surface area contributed by atoms with Gasteiger partial charge in [-0.15, -0.1) is 6.58 Å². The van der Waals surface area contributed by atoms with Crippen molar-refractivity contribution in [3.05, 3.63) is 29.8 Å². The maximum Gasteiger partial charge on any atom is 0.207 e. The SMILES string of the molecule is C=CCc1c(O)cc2c(c1O)C(=O)CO2. The molecular weight excluding hydrogens is 196 g/mol. The van der Waals surface area contributed by atoms with E-state index in [1.807, 2.05) is 0 Å². The summed E-state index contributed by atoms with van der Waals surface area (Å²) in [6.07, 6.45) is 1.85. The fraction of sp³-hybridized carbons (Fsp3) is 0.182. The fourth-order valence-electron chi connectivity index (χ4n) is 1.62. The lowest BCUT2D eigenvalue weighted by Gasteiger charge is -2.08. The largest absolute Gasteiger partial charge is 0.507 e. The summed E-state index contributed by atoms with van der Waals surface area (Å²) in [5.41, 5.74) is 0.465. The number of Topliss-reactive ketones (excluding diaryl/α,β-unsaturated/α-hetero) is 1. The summed E-state index contributed by atoms with van der Waals surface area (Å²) in [6.45, 7) is 3.43. The number of ketones is 1. The number of phenolic OH excluding ortho intramolecular Hbond substituents is 2. The van der Waals surface area contributed by atoms with Crippen LogP contribution in [0, 0.1) is 0 Å². The van der Waals surface area contributed by atoms with Gasteiger partial charge in [0, 0.05) is 11.6 Å². The van der Waals surface area contributed by atoms with Gasteiger partial charge >= 0.3 is 0 Å². The number of hydrogen-bond donors (Lipinski definition) is 2. The number of phenols is 2. The lowest BCUT2D eigenvalue weighted by Crippen LogP contribution is -2.00. The highest BCUT2D eigenvalue weighted by Gasteiger charge is 2.28. The Morgan fingerprint density at radius 2 is 2.27 bits per heavy atom. The minimum Gasteiger partial charge on any atom is -0.507 e. The van der Waals surface area contributed by atoms with Crippen LogP contribution in [-0.4, -0.2) is 22.6 Å². The molecule has 0 spiro atoms. The van der Waals surface area contributed by atoms with Crippen LogP contribution in [0.5, 0.6) is 17.2 Å². The number of ether oxygens (including phenoxy) is 1. The molecule has 0 aliphatic carbocycles. The van der Waals surface area contributed by atoms with Crippen molar-refractivity contribution < 1.29 is 19.7 Å². The van der Waals surface area contributed by atoms with Crippen molar-refractivity contribution in [2.45, 2.75) is 6.42 Å². The summed E-state index contributed by atoms with van der Waals surface area (Å²) in [6, 6.07) is 1.35. The van der Waals surface area contributed by atoms with Gasteiger partial charge in [-0.1, -0.05) is 6.08 Å². The molecule has 0 aromatic heterocycles. The van der Waals surface area contributed by atoms with Gasteiger partial charge in [-0.25, -0.2) is 0 Å². The first-order valence-corrected chi connectivity index (χ1v) is 4.50. The van der Waals surface area contributed by atoms with Crippen LogP contribution in [0.3, 0.4) is 0 Å². The Kier molecular flexibility index (Phi) is 2.11. The first-order valence-electron chi connectivity index (χ1n) is 4.50. The van der Waals surface area contributed by atoms with Gasteiger partial charge in [0.15, 0.2) is 6.61 Å². The van der Waals surface area contributed by atoms with Gasteiger partial charge in [0.2, 0.25) is 5.78 Å². The van der Waals surface area contributed by atoms with Crippen LogP contribution in [0.2, 0.25) is 0 Å². The van der Waals surface area contributed by atoms with E-state index < -0.39 is 0 Å². The van der Waals surface area contributed by atoms with Crippen LogP contribution in [-0.2, 0) is 6.42 Å². The zero-order valence-electron chi connectivity index (χ0n) is 7.99. The molecular formula is C11H10O4. The third kappa shape index (κ3) is 1.34. The highest BCUT2D eigenvalue weighted by atomic mass is 16.5. The topological polar surface area (TPSA) is 66.8 Å². The van der Waals surface area contributed by atoms with Gasteiger partial charge in [0.1, 0.15) is 22.8 Å². The van der Waals surface area contributed by atoms with Gasteiger partial charge in [-0.3, -0.25) is 4.79 Å². The zero-order chi connectivity index (χ0) is 11.0. The monoisotopic (exact) mass is 206 g/mol. The highest BCUT2D eigenvalue weighted by molar-refractivity contribution is 6.05. The molecule has 1 aliphatic heterocycles. The summed E-state index contributed by atoms with van der Waals surface area (Å²) < 4.78 is 5.01. The van der Waals surface area contributed by atoms with E-state index in [4.69, 9.17) is 4.74 Å². The maximum absolute atomic E-state index is 11.4. The zero-order valence-corrected chi connectivity index (χ0v) is 7.99. The molecule has 0 amide bonds. The number of fused-ring (bicyclic) bond motifs is 1. The lowest BCUT2D eigenvalue weighted by atomic mass is 10.0. The van der Waals surface area contributed by atoms with Crippen molar-refractivity contribution in [1.82, 2.24) is 0 Å². The summed E-state index contributed by atoms with van der Waals surface area (Å²) in [4.78, 5) is 11.4. The van der Waals surface area contributed by atoms with Crippen LogP contribution in [0.25, 0.3) is 0 Å². The maximum atomic E-state index is 11.4. The average Bonchev–Trinajstić information content (AvgIpc) is 2.54. The number of hydrogen-bond acceptors (Lipinski definition) is 4. The van der Waals surface area contributed by atoms with E-state index >= 15 is 0 Å². The molecule has 1 aromatic rings. The van der Waals surface area contributed by atoms with Crippen molar-refractivity contribution in [3.63, 3.8) is 0 Å². The second-order valence-corrected chi connectivity index (χ2v) is 3.30. The van der Waals surface area contributed by atoms with Crippen molar-refractivity contribution >= 4 is 5.78 Å². The Bertz CT molecular complexity index is 448. The molecule has 0 fully saturated rings. The molecule has 0 saturated carbocycles. The minimum absolute atomic E-state index is 0.0825. The number of aromatic hydroxyl groups is 2. The molecule has 15 heavy (non-hydrogen) atoms. The molecule has 78 valence electrons. The van der Waals surface area contributed by atoms with Gasteiger partial charge in [-0.2, -0.15) is 0 Å². The van der Waals surface area contributed by atoms with E-state index in [-0.39, 0.29) is 35.2 Å². The molecule has 1 aliphatic rings. The summed E-state index contributed by atoms with van der Waals surface area (Å²) in [5, 5.41) is 19.4. The predicted octanol–water partition coefficient (Wildman–Crippen LogP) is 1.40. The summed E-state index contributed by atoms with van der Waals surface area (Å²) in [7, 11) is 0. The highest BCUT2D eigenvalue weighted by Crippen LogP contribution is 2.41. The number of carbonyl (C=O) groups excluding carboxylic acids is 1. The average molecular weight is 206 g/mol. The van der Waals surface area contributed by atoms with Crippen molar-refractivity contribution in [2.75, 3.05) is 6.61 Å². The van der Waals surface area contributed by atoms with E-state index in [1.165, 1.54) is 6.07 Å². The van der Waals surface area contributed by atoms with E-state index in [0.717, 1.165) is 0 Å². The Morgan fingerprint density at radius 1 is 1.53 bits per heavy atom. The van der Waals surface area contributed by atoms with Gasteiger partial charge in [-0.05, 0) is 6.42 Å².